The molecule has 34 heavy (non-hydrogen) atoms. The van der Waals surface area contributed by atoms with Crippen molar-refractivity contribution in [1.82, 2.24) is 9.88 Å². The summed E-state index contributed by atoms with van der Waals surface area (Å²) in [5, 5.41) is 12.2. The molecule has 1 fully saturated rings. The van der Waals surface area contributed by atoms with Crippen molar-refractivity contribution in [3.8, 4) is 5.75 Å². The third-order valence-electron chi connectivity index (χ3n) is 6.09. The molecule has 5 rings (SSSR count). The minimum atomic E-state index is -0.813. The Morgan fingerprint density at radius 3 is 2.62 bits per heavy atom. The Bertz CT molecular complexity index is 1370. The fraction of sp³-hybridized carbons (Fsp3) is 0.185. The minimum absolute atomic E-state index is 0.0167. The maximum atomic E-state index is 13.1. The number of likely N-dealkylation sites (tertiary alicyclic amines) is 1. The van der Waals surface area contributed by atoms with Gasteiger partial charge in [0.25, 0.3) is 11.7 Å². The molecule has 0 aliphatic carbocycles. The number of rotatable bonds is 7. The highest BCUT2D eigenvalue weighted by molar-refractivity contribution is 6.46. The molecule has 7 heteroatoms. The van der Waals surface area contributed by atoms with Gasteiger partial charge in [-0.3, -0.25) is 9.59 Å². The molecule has 7 nitrogen and oxygen atoms in total. The van der Waals surface area contributed by atoms with Crippen molar-refractivity contribution in [1.29, 1.82) is 0 Å². The van der Waals surface area contributed by atoms with Gasteiger partial charge < -0.3 is 24.1 Å². The number of aromatic nitrogens is 1. The van der Waals surface area contributed by atoms with Crippen LogP contribution in [0.1, 0.15) is 29.9 Å². The summed E-state index contributed by atoms with van der Waals surface area (Å²) in [6.07, 6.45) is 3.95. The van der Waals surface area contributed by atoms with E-state index >= 15 is 0 Å². The first-order valence-corrected chi connectivity index (χ1v) is 11.2. The molecule has 1 amide bonds. The zero-order valence-corrected chi connectivity index (χ0v) is 18.7. The number of hydrogen-bond donors (Lipinski definition) is 2. The van der Waals surface area contributed by atoms with Crippen molar-refractivity contribution in [3.63, 3.8) is 0 Å². The van der Waals surface area contributed by atoms with E-state index in [0.717, 1.165) is 16.5 Å². The van der Waals surface area contributed by atoms with Crippen molar-refractivity contribution < 1.29 is 23.8 Å². The van der Waals surface area contributed by atoms with Crippen molar-refractivity contribution in [2.45, 2.75) is 19.4 Å². The van der Waals surface area contributed by atoms with Gasteiger partial charge in [-0.25, -0.2) is 0 Å². The number of ketones is 1. The lowest BCUT2D eigenvalue weighted by Gasteiger charge is -2.23. The number of aliphatic hydroxyl groups is 1. The number of furan rings is 1. The number of carbonyl (C=O) groups is 2. The lowest BCUT2D eigenvalue weighted by atomic mass is 9.99. The van der Waals surface area contributed by atoms with Crippen molar-refractivity contribution in [2.24, 2.45) is 0 Å². The second-order valence-corrected chi connectivity index (χ2v) is 8.07. The van der Waals surface area contributed by atoms with Crippen molar-refractivity contribution in [3.05, 3.63) is 95.6 Å². The van der Waals surface area contributed by atoms with Gasteiger partial charge >= 0.3 is 0 Å². The van der Waals surface area contributed by atoms with E-state index in [2.05, 4.69) is 4.98 Å². The number of aliphatic hydroxyl groups excluding tert-OH is 1. The number of para-hydroxylation sites is 1. The van der Waals surface area contributed by atoms with E-state index < -0.39 is 17.7 Å². The Morgan fingerprint density at radius 1 is 1.09 bits per heavy atom. The number of amides is 1. The first kappa shape index (κ1) is 21.6. The second-order valence-electron chi connectivity index (χ2n) is 8.07. The highest BCUT2D eigenvalue weighted by Gasteiger charge is 2.47. The highest BCUT2D eigenvalue weighted by Crippen LogP contribution is 2.40. The summed E-state index contributed by atoms with van der Waals surface area (Å²) < 4.78 is 11.1. The van der Waals surface area contributed by atoms with Gasteiger partial charge in [0.2, 0.25) is 0 Å². The standard InChI is InChI=1S/C27H24N2O5/c1-2-33-19-11-9-17(10-12-19)25(30)23-24(22-8-5-15-34-22)29(27(32)26(23)31)14-13-18-16-28-21-7-4-3-6-20(18)21/h3-12,15-16,24,28,30H,2,13-14H2,1H3/t24-/m0/s1. The second kappa shape index (κ2) is 8.94. The lowest BCUT2D eigenvalue weighted by Crippen LogP contribution is -2.31. The molecule has 1 aliphatic heterocycles. The normalized spacial score (nSPS) is 17.6. The van der Waals surface area contributed by atoms with E-state index in [4.69, 9.17) is 9.15 Å². The topological polar surface area (TPSA) is 95.8 Å². The number of H-pyrrole nitrogens is 1. The number of nitrogens with one attached hydrogen (secondary N) is 1. The van der Waals surface area contributed by atoms with Gasteiger partial charge in [0, 0.05) is 29.2 Å². The molecule has 4 aromatic rings. The van der Waals surface area contributed by atoms with Gasteiger partial charge in [0.15, 0.2) is 0 Å². The van der Waals surface area contributed by atoms with Crippen LogP contribution in [0.2, 0.25) is 0 Å². The Hall–Kier alpha value is -4.26. The number of hydrogen-bond acceptors (Lipinski definition) is 5. The van der Waals surface area contributed by atoms with Crippen LogP contribution in [0.5, 0.6) is 5.75 Å². The van der Waals surface area contributed by atoms with E-state index in [1.54, 1.807) is 36.4 Å². The van der Waals surface area contributed by atoms with Gasteiger partial charge in [-0.05, 0) is 61.4 Å². The van der Waals surface area contributed by atoms with Crippen molar-refractivity contribution >= 4 is 28.4 Å². The predicted octanol–water partition coefficient (Wildman–Crippen LogP) is 4.82. The zero-order valence-electron chi connectivity index (χ0n) is 18.7. The van der Waals surface area contributed by atoms with E-state index in [9.17, 15) is 14.7 Å². The van der Waals surface area contributed by atoms with Crippen LogP contribution in [0.15, 0.2) is 83.1 Å². The molecule has 2 aromatic carbocycles. The Balaban J connectivity index is 1.50. The van der Waals surface area contributed by atoms with Gasteiger partial charge in [0.05, 0.1) is 18.4 Å². The summed E-state index contributed by atoms with van der Waals surface area (Å²) in [4.78, 5) is 30.9. The summed E-state index contributed by atoms with van der Waals surface area (Å²) in [6.45, 7) is 2.69. The SMILES string of the molecule is CCOc1ccc(C(O)=C2C(=O)C(=O)N(CCc3c[nH]c4ccccc34)[C@H]2c2ccco2)cc1. The molecule has 1 aliphatic rings. The quantitative estimate of drug-likeness (QED) is 0.236. The molecule has 2 N–H and O–H groups in total. The lowest BCUT2D eigenvalue weighted by molar-refractivity contribution is -0.140. The van der Waals surface area contributed by atoms with Gasteiger partial charge in [-0.1, -0.05) is 18.2 Å². The third kappa shape index (κ3) is 3.75. The highest BCUT2D eigenvalue weighted by atomic mass is 16.5. The first-order chi connectivity index (χ1) is 16.6. The molecule has 2 aromatic heterocycles. The molecule has 1 atom stereocenters. The fourth-order valence-corrected chi connectivity index (χ4v) is 4.46. The average Bonchev–Trinajstić information content (AvgIpc) is 3.58. The van der Waals surface area contributed by atoms with E-state index in [0.29, 0.717) is 30.1 Å². The smallest absolute Gasteiger partial charge is 0.295 e. The van der Waals surface area contributed by atoms with Crippen LogP contribution in [-0.2, 0) is 16.0 Å². The maximum absolute atomic E-state index is 13.1. The maximum Gasteiger partial charge on any atom is 0.295 e. The molecule has 3 heterocycles. The van der Waals surface area contributed by atoms with Gasteiger partial charge in [-0.2, -0.15) is 0 Å². The number of aromatic amines is 1. The number of benzene rings is 2. The van der Waals surface area contributed by atoms with Crippen LogP contribution in [0.3, 0.4) is 0 Å². The summed E-state index contributed by atoms with van der Waals surface area (Å²) in [7, 11) is 0. The van der Waals surface area contributed by atoms with Crippen LogP contribution < -0.4 is 4.74 Å². The minimum Gasteiger partial charge on any atom is -0.507 e. The Morgan fingerprint density at radius 2 is 1.88 bits per heavy atom. The molecule has 0 radical (unpaired) electrons. The predicted molar refractivity (Wildman–Crippen MR) is 127 cm³/mol. The Kier molecular flexibility index (Phi) is 5.67. The molecule has 0 bridgehead atoms. The Labute approximate surface area is 196 Å². The number of ether oxygens (including phenoxy) is 1. The van der Waals surface area contributed by atoms with Crippen molar-refractivity contribution in [2.75, 3.05) is 13.2 Å². The number of fused-ring (bicyclic) bond motifs is 1. The molecule has 172 valence electrons. The zero-order chi connectivity index (χ0) is 23.7. The van der Waals surface area contributed by atoms with Crippen LogP contribution in [0, 0.1) is 0 Å². The fourth-order valence-electron chi connectivity index (χ4n) is 4.46. The van der Waals surface area contributed by atoms with Crippen LogP contribution in [0.25, 0.3) is 16.7 Å². The third-order valence-corrected chi connectivity index (χ3v) is 6.09. The molecule has 0 spiro atoms. The monoisotopic (exact) mass is 456 g/mol. The van der Waals surface area contributed by atoms with Crippen LogP contribution in [-0.4, -0.2) is 39.8 Å². The molecule has 1 saturated heterocycles. The largest absolute Gasteiger partial charge is 0.507 e. The molecule has 0 unspecified atom stereocenters. The van der Waals surface area contributed by atoms with Crippen LogP contribution >= 0.6 is 0 Å². The van der Waals surface area contributed by atoms with Gasteiger partial charge in [0.1, 0.15) is 23.3 Å². The summed E-state index contributed by atoms with van der Waals surface area (Å²) >= 11 is 0. The number of Topliss-reactive ketones (excluding diaryl/α,β-unsaturated/α-hetero) is 1. The van der Waals surface area contributed by atoms with E-state index in [1.165, 1.54) is 11.2 Å². The number of nitrogens with zero attached hydrogens (tertiary/aromatic N) is 1. The molecular formula is C27H24N2O5. The van der Waals surface area contributed by atoms with Gasteiger partial charge in [-0.15, -0.1) is 0 Å². The van der Waals surface area contributed by atoms with Crippen LogP contribution in [0.4, 0.5) is 0 Å². The first-order valence-electron chi connectivity index (χ1n) is 11.2. The average molecular weight is 456 g/mol. The van der Waals surface area contributed by atoms with E-state index in [1.807, 2.05) is 37.4 Å². The number of carbonyl (C=O) groups excluding carboxylic acids is 2. The summed E-state index contributed by atoms with van der Waals surface area (Å²) in [5.74, 6) is -0.552. The summed E-state index contributed by atoms with van der Waals surface area (Å²) in [6, 6.07) is 17.3. The van der Waals surface area contributed by atoms with E-state index in [-0.39, 0.29) is 17.9 Å². The summed E-state index contributed by atoms with van der Waals surface area (Å²) in [5.41, 5.74) is 2.50. The molecular weight excluding hydrogens is 432 g/mol. The molecule has 0 saturated carbocycles.